The number of benzene rings is 7. The molecule has 7 aromatic carbocycles. The minimum atomic E-state index is -0.120. The van der Waals surface area contributed by atoms with E-state index in [1.54, 1.807) is 0 Å². The Morgan fingerprint density at radius 2 is 1.13 bits per heavy atom. The Balaban J connectivity index is 1.24. The third-order valence-corrected chi connectivity index (χ3v) is 18.0. The Morgan fingerprint density at radius 3 is 1.79 bits per heavy atom. The number of anilines is 5. The summed E-state index contributed by atoms with van der Waals surface area (Å²) >= 11 is 0. The van der Waals surface area contributed by atoms with Gasteiger partial charge in [-0.25, -0.2) is 0 Å². The van der Waals surface area contributed by atoms with E-state index in [4.69, 9.17) is 4.42 Å². The van der Waals surface area contributed by atoms with Gasteiger partial charge >= 0.3 is 6.85 Å². The fourth-order valence-corrected chi connectivity index (χ4v) is 13.5. The monoisotopic (exact) mass is 919 g/mol. The number of furan rings is 1. The minimum Gasteiger partial charge on any atom is -0.456 e. The number of nitrogens with zero attached hydrogens (tertiary/aromatic N) is 2. The van der Waals surface area contributed by atoms with Crippen molar-refractivity contribution < 1.29 is 4.42 Å². The maximum atomic E-state index is 6.89. The van der Waals surface area contributed by atoms with E-state index in [9.17, 15) is 0 Å². The van der Waals surface area contributed by atoms with Gasteiger partial charge in [-0.05, 0) is 202 Å². The zero-order valence-corrected chi connectivity index (χ0v) is 44.0. The summed E-state index contributed by atoms with van der Waals surface area (Å²) in [5.41, 5.74) is 27.5. The van der Waals surface area contributed by atoms with Crippen molar-refractivity contribution in [2.45, 2.75) is 156 Å². The fraction of sp³-hybridized carbons (Fsp3) is 0.364. The number of unbranched alkanes of at least 4 members (excludes halogenated alkanes) is 2. The van der Waals surface area contributed by atoms with Crippen LogP contribution in [0.4, 0.5) is 28.4 Å². The third-order valence-electron chi connectivity index (χ3n) is 18.0. The van der Waals surface area contributed by atoms with E-state index in [-0.39, 0.29) is 28.5 Å². The topological polar surface area (TPSA) is 19.6 Å². The Morgan fingerprint density at radius 1 is 0.514 bits per heavy atom. The molecule has 0 fully saturated rings. The average molecular weight is 919 g/mol. The Hall–Kier alpha value is -6.00. The second-order valence-electron chi connectivity index (χ2n) is 24.6. The van der Waals surface area contributed by atoms with Crippen LogP contribution >= 0.6 is 0 Å². The third kappa shape index (κ3) is 6.82. The first-order chi connectivity index (χ1) is 33.4. The number of fused-ring (bicyclic) bond motifs is 9. The normalized spacial score (nSPS) is 17.8. The largest absolute Gasteiger partial charge is 0.456 e. The molecule has 8 aromatic rings. The molecular weight excluding hydrogens is 848 g/mol. The van der Waals surface area contributed by atoms with E-state index < -0.39 is 0 Å². The van der Waals surface area contributed by atoms with Crippen LogP contribution in [0.25, 0.3) is 44.2 Å². The van der Waals surface area contributed by atoms with Crippen LogP contribution in [0.15, 0.2) is 120 Å². The summed E-state index contributed by atoms with van der Waals surface area (Å²) in [6, 6.07) is 45.6. The lowest BCUT2D eigenvalue weighted by Crippen LogP contribution is -2.61. The zero-order chi connectivity index (χ0) is 48.8. The molecule has 3 heterocycles. The molecule has 0 spiro atoms. The molecule has 3 nitrogen and oxygen atoms in total. The first-order valence-electron chi connectivity index (χ1n) is 26.6. The molecule has 354 valence electrons. The van der Waals surface area contributed by atoms with Gasteiger partial charge in [0.05, 0.1) is 0 Å². The lowest BCUT2D eigenvalue weighted by atomic mass is 9.43. The molecule has 4 aliphatic rings. The fourth-order valence-electron chi connectivity index (χ4n) is 13.5. The Bertz CT molecular complexity index is 3430. The van der Waals surface area contributed by atoms with E-state index in [0.29, 0.717) is 0 Å². The smallest absolute Gasteiger partial charge is 0.333 e. The molecule has 0 saturated heterocycles. The second kappa shape index (κ2) is 15.8. The Kier molecular flexibility index (Phi) is 10.2. The van der Waals surface area contributed by atoms with Crippen molar-refractivity contribution in [3.63, 3.8) is 0 Å². The predicted octanol–water partition coefficient (Wildman–Crippen LogP) is 17.3. The number of hydrogen-bond donors (Lipinski definition) is 0. The highest BCUT2D eigenvalue weighted by atomic mass is 16.3. The molecule has 0 amide bonds. The van der Waals surface area contributed by atoms with Crippen molar-refractivity contribution in [3.8, 4) is 22.3 Å². The quantitative estimate of drug-likeness (QED) is 0.117. The van der Waals surface area contributed by atoms with Gasteiger partial charge in [0.2, 0.25) is 0 Å². The average Bonchev–Trinajstić information content (AvgIpc) is 3.69. The van der Waals surface area contributed by atoms with Gasteiger partial charge in [-0.1, -0.05) is 136 Å². The highest BCUT2D eigenvalue weighted by molar-refractivity contribution is 6.93. The van der Waals surface area contributed by atoms with Crippen LogP contribution in [0.1, 0.15) is 152 Å². The molecule has 2 aliphatic carbocycles. The molecular formula is C66H71BN2O. The summed E-state index contributed by atoms with van der Waals surface area (Å²) in [5, 5.41) is 2.33. The van der Waals surface area contributed by atoms with Crippen molar-refractivity contribution in [2.24, 2.45) is 0 Å². The van der Waals surface area contributed by atoms with Crippen molar-refractivity contribution >= 4 is 68.1 Å². The molecule has 0 saturated carbocycles. The van der Waals surface area contributed by atoms with Crippen molar-refractivity contribution in [1.29, 1.82) is 0 Å². The van der Waals surface area contributed by atoms with Crippen molar-refractivity contribution in [2.75, 3.05) is 9.71 Å². The van der Waals surface area contributed by atoms with E-state index >= 15 is 0 Å². The zero-order valence-electron chi connectivity index (χ0n) is 44.0. The van der Waals surface area contributed by atoms with Crippen LogP contribution in [-0.2, 0) is 28.1 Å². The maximum absolute atomic E-state index is 6.89. The Labute approximate surface area is 418 Å². The lowest BCUT2D eigenvalue weighted by molar-refractivity contribution is 0.332. The van der Waals surface area contributed by atoms with Crippen LogP contribution in [0.2, 0.25) is 0 Å². The van der Waals surface area contributed by atoms with Crippen LogP contribution in [0, 0.1) is 20.8 Å². The van der Waals surface area contributed by atoms with Crippen LogP contribution in [0.5, 0.6) is 0 Å². The number of aryl methyl sites for hydroxylation is 4. The first kappa shape index (κ1) is 45.2. The van der Waals surface area contributed by atoms with Gasteiger partial charge in [-0.3, -0.25) is 0 Å². The van der Waals surface area contributed by atoms with Gasteiger partial charge in [-0.15, -0.1) is 0 Å². The van der Waals surface area contributed by atoms with Gasteiger partial charge < -0.3 is 14.1 Å². The lowest BCUT2D eigenvalue weighted by Gasteiger charge is -2.49. The SMILES string of the molecule is CCCCCc1ccc(N2B3c4cc5c(cc4N(c4cc6c(cc4C)C(C)(C)CCC6(C)C)c4cc(-c6c(C)cccc6C)cc(c43)-c3cc4c(cc32)C(C)(C)CCC4(C)C)oc2ccccc25)cc1. The summed E-state index contributed by atoms with van der Waals surface area (Å²) in [6.45, 7) is 28.9. The maximum Gasteiger partial charge on any atom is 0.333 e. The van der Waals surface area contributed by atoms with Crippen LogP contribution in [-0.4, -0.2) is 6.85 Å². The summed E-state index contributed by atoms with van der Waals surface area (Å²) < 4.78 is 6.89. The molecule has 1 aromatic heterocycles. The molecule has 0 unspecified atom stereocenters. The molecule has 12 rings (SSSR count). The van der Waals surface area contributed by atoms with Crippen LogP contribution in [0.3, 0.4) is 0 Å². The molecule has 2 aliphatic heterocycles. The summed E-state index contributed by atoms with van der Waals surface area (Å²) in [7, 11) is 0. The molecule has 0 radical (unpaired) electrons. The highest BCUT2D eigenvalue weighted by Gasteiger charge is 2.48. The summed E-state index contributed by atoms with van der Waals surface area (Å²) in [4.78, 5) is 5.43. The number of hydrogen-bond acceptors (Lipinski definition) is 3. The van der Waals surface area contributed by atoms with E-state index in [0.717, 1.165) is 35.8 Å². The summed E-state index contributed by atoms with van der Waals surface area (Å²) in [5.74, 6) is 0. The molecule has 0 atom stereocenters. The number of rotatable bonds is 7. The number of para-hydroxylation sites is 1. The molecule has 0 N–H and O–H groups in total. The van der Waals surface area contributed by atoms with Gasteiger partial charge in [-0.2, -0.15) is 0 Å². The molecule has 70 heavy (non-hydrogen) atoms. The van der Waals surface area contributed by atoms with Crippen molar-refractivity contribution in [3.05, 3.63) is 160 Å². The van der Waals surface area contributed by atoms with Gasteiger partial charge in [0, 0.05) is 50.8 Å². The summed E-state index contributed by atoms with van der Waals surface area (Å²) in [6.07, 6.45) is 9.48. The van der Waals surface area contributed by atoms with Crippen LogP contribution < -0.4 is 20.6 Å². The van der Waals surface area contributed by atoms with Gasteiger partial charge in [0.15, 0.2) is 0 Å². The predicted molar refractivity (Wildman–Crippen MR) is 301 cm³/mol. The van der Waals surface area contributed by atoms with Gasteiger partial charge in [0.1, 0.15) is 11.2 Å². The van der Waals surface area contributed by atoms with Crippen molar-refractivity contribution in [1.82, 2.24) is 0 Å². The van der Waals surface area contributed by atoms with E-state index in [1.165, 1.54) is 144 Å². The highest BCUT2D eigenvalue weighted by Crippen LogP contribution is 2.56. The first-order valence-corrected chi connectivity index (χ1v) is 26.6. The standard InChI is InChI=1S/C66H71BN2O/c1-13-14-15-21-43-24-26-45(27-25-43)69-56-38-53-51(64(7,8)29-31-66(53,11)12)35-47(56)49-33-44(61-40(2)19-18-20-41(61)3)34-58-62(49)67(69)54-36-48-46-22-16-17-23-59(46)70-60(48)39-57(54)68(58)55-37-52-50(32-42(55)4)63(5,6)28-30-65(52,9)10/h16-20,22-27,32-39H,13-15,21,28-31H2,1-12H3. The van der Waals surface area contributed by atoms with Gasteiger partial charge in [0.25, 0.3) is 0 Å². The minimum absolute atomic E-state index is 0.0365. The molecule has 0 bridgehead atoms. The van der Waals surface area contributed by atoms with E-state index in [1.807, 2.05) is 0 Å². The van der Waals surface area contributed by atoms with E-state index in [2.05, 4.69) is 208 Å². The second-order valence-corrected chi connectivity index (χ2v) is 24.6. The molecule has 4 heteroatoms.